The van der Waals surface area contributed by atoms with Crippen LogP contribution < -0.4 is 15.4 Å². The largest absolute Gasteiger partial charge is 0.491 e. The topological polar surface area (TPSA) is 68.2 Å². The number of anilines is 1. The molecule has 0 spiro atoms. The van der Waals surface area contributed by atoms with E-state index in [0.717, 1.165) is 61.8 Å². The summed E-state index contributed by atoms with van der Waals surface area (Å²) in [5, 5.41) is 5.90. The molecule has 0 bridgehead atoms. The summed E-state index contributed by atoms with van der Waals surface area (Å²) in [7, 11) is 0. The van der Waals surface area contributed by atoms with Crippen LogP contribution in [0.5, 0.6) is 5.75 Å². The molecule has 6 nitrogen and oxygen atoms in total. The van der Waals surface area contributed by atoms with Gasteiger partial charge >= 0.3 is 6.03 Å². The fraction of sp³-hybridized carbons (Fsp3) is 0.407. The zero-order valence-corrected chi connectivity index (χ0v) is 19.7. The van der Waals surface area contributed by atoms with Gasteiger partial charge in [-0.05, 0) is 61.4 Å². The number of fused-ring (bicyclic) bond motifs is 3. The Morgan fingerprint density at radius 2 is 2.09 bits per heavy atom. The number of nitrogens with one attached hydrogen (secondary N) is 2. The van der Waals surface area contributed by atoms with Crippen LogP contribution in [0.3, 0.4) is 0 Å². The van der Waals surface area contributed by atoms with E-state index < -0.39 is 0 Å². The molecule has 2 N–H and O–H groups in total. The van der Waals surface area contributed by atoms with Gasteiger partial charge in [0.05, 0.1) is 29.7 Å². The number of imidazole rings is 1. The standard InChI is InChI=1S/C27H34N4O2/c1-3-4-7-16-28-27(32)30-25-20(2)10-8-13-24(25)33-18-9-17-31-19-29-23-15-14-21-11-5-6-12-22(21)26(23)31/h5,8,10-11,13-15,19H,3-4,6-7,9,12,16-18H2,1-2H3,(H2,28,30,32). The number of ether oxygens (including phenoxy) is 1. The molecule has 6 heteroatoms. The van der Waals surface area contributed by atoms with Crippen LogP contribution in [0.15, 0.2) is 42.7 Å². The van der Waals surface area contributed by atoms with E-state index in [1.807, 2.05) is 31.5 Å². The van der Waals surface area contributed by atoms with Crippen molar-refractivity contribution in [2.24, 2.45) is 0 Å². The number of carbonyl (C=O) groups excluding carboxylic acids is 1. The third-order valence-corrected chi connectivity index (χ3v) is 6.12. The Bertz CT molecular complexity index is 1130. The lowest BCUT2D eigenvalue weighted by Gasteiger charge is -2.16. The zero-order chi connectivity index (χ0) is 23.0. The Morgan fingerprint density at radius 1 is 1.18 bits per heavy atom. The second-order valence-corrected chi connectivity index (χ2v) is 8.62. The number of allylic oxidation sites excluding steroid dienone is 1. The number of carbonyl (C=O) groups is 1. The third-order valence-electron chi connectivity index (χ3n) is 6.12. The first-order valence-electron chi connectivity index (χ1n) is 12.1. The molecule has 1 aliphatic rings. The minimum atomic E-state index is -0.186. The van der Waals surface area contributed by atoms with Gasteiger partial charge in [0.1, 0.15) is 5.75 Å². The van der Waals surface area contributed by atoms with Gasteiger partial charge in [0, 0.05) is 13.1 Å². The molecular formula is C27H34N4O2. The Hall–Kier alpha value is -3.28. The average Bonchev–Trinajstić information content (AvgIpc) is 3.25. The van der Waals surface area contributed by atoms with Crippen LogP contribution in [-0.2, 0) is 13.0 Å². The minimum Gasteiger partial charge on any atom is -0.491 e. The summed E-state index contributed by atoms with van der Waals surface area (Å²) in [6.45, 7) is 6.21. The maximum absolute atomic E-state index is 12.3. The van der Waals surface area contributed by atoms with Crippen molar-refractivity contribution in [2.45, 2.75) is 58.9 Å². The summed E-state index contributed by atoms with van der Waals surface area (Å²) < 4.78 is 8.34. The highest BCUT2D eigenvalue weighted by Gasteiger charge is 2.14. The van der Waals surface area contributed by atoms with Crippen molar-refractivity contribution in [3.8, 4) is 5.75 Å². The minimum absolute atomic E-state index is 0.186. The van der Waals surface area contributed by atoms with Crippen LogP contribution in [0.1, 0.15) is 55.7 Å². The van der Waals surface area contributed by atoms with Crippen molar-refractivity contribution in [1.29, 1.82) is 0 Å². The Kier molecular flexibility index (Phi) is 7.66. The van der Waals surface area contributed by atoms with Crippen LogP contribution in [0.25, 0.3) is 17.1 Å². The molecular weight excluding hydrogens is 412 g/mol. The third kappa shape index (κ3) is 5.56. The summed E-state index contributed by atoms with van der Waals surface area (Å²) >= 11 is 0. The summed E-state index contributed by atoms with van der Waals surface area (Å²) in [5.41, 5.74) is 6.71. The van der Waals surface area contributed by atoms with Crippen LogP contribution in [0.4, 0.5) is 10.5 Å². The van der Waals surface area contributed by atoms with Crippen molar-refractivity contribution in [3.63, 3.8) is 0 Å². The zero-order valence-electron chi connectivity index (χ0n) is 19.7. The van der Waals surface area contributed by atoms with Crippen molar-refractivity contribution >= 4 is 28.8 Å². The van der Waals surface area contributed by atoms with E-state index >= 15 is 0 Å². The lowest BCUT2D eigenvalue weighted by atomic mass is 9.96. The van der Waals surface area contributed by atoms with E-state index in [0.29, 0.717) is 18.9 Å². The van der Waals surface area contributed by atoms with Crippen LogP contribution >= 0.6 is 0 Å². The smallest absolute Gasteiger partial charge is 0.319 e. The molecule has 2 amide bonds. The maximum Gasteiger partial charge on any atom is 0.319 e. The molecule has 174 valence electrons. The van der Waals surface area contributed by atoms with Gasteiger partial charge in [-0.15, -0.1) is 0 Å². The van der Waals surface area contributed by atoms with E-state index in [-0.39, 0.29) is 6.03 Å². The van der Waals surface area contributed by atoms with Gasteiger partial charge < -0.3 is 19.9 Å². The number of para-hydroxylation sites is 1. The molecule has 0 fully saturated rings. The Morgan fingerprint density at radius 3 is 2.97 bits per heavy atom. The number of hydrogen-bond acceptors (Lipinski definition) is 3. The van der Waals surface area contributed by atoms with E-state index in [1.54, 1.807) is 0 Å². The molecule has 1 aromatic heterocycles. The van der Waals surface area contributed by atoms with Gasteiger partial charge in [0.2, 0.25) is 0 Å². The van der Waals surface area contributed by atoms with Gasteiger partial charge in [-0.1, -0.05) is 50.1 Å². The molecule has 0 saturated heterocycles. The van der Waals surface area contributed by atoms with Gasteiger partial charge in [-0.25, -0.2) is 9.78 Å². The summed E-state index contributed by atoms with van der Waals surface area (Å²) in [6.07, 6.45) is 12.6. The van der Waals surface area contributed by atoms with E-state index in [2.05, 4.69) is 51.4 Å². The molecule has 1 heterocycles. The normalized spacial score (nSPS) is 12.5. The second-order valence-electron chi connectivity index (χ2n) is 8.62. The molecule has 1 aliphatic carbocycles. The van der Waals surface area contributed by atoms with Gasteiger partial charge in [-0.3, -0.25) is 0 Å². The first-order valence-corrected chi connectivity index (χ1v) is 12.1. The first kappa shape index (κ1) is 22.9. The summed E-state index contributed by atoms with van der Waals surface area (Å²) in [6, 6.07) is 9.94. The van der Waals surface area contributed by atoms with Gasteiger partial charge in [-0.2, -0.15) is 0 Å². The highest BCUT2D eigenvalue weighted by molar-refractivity contribution is 5.92. The monoisotopic (exact) mass is 446 g/mol. The predicted molar refractivity (Wildman–Crippen MR) is 135 cm³/mol. The number of urea groups is 1. The lowest BCUT2D eigenvalue weighted by Crippen LogP contribution is -2.30. The Labute approximate surface area is 196 Å². The maximum atomic E-state index is 12.3. The molecule has 0 unspecified atom stereocenters. The molecule has 0 saturated carbocycles. The number of nitrogens with zero attached hydrogens (tertiary/aromatic N) is 2. The number of amides is 2. The number of aromatic nitrogens is 2. The van der Waals surface area contributed by atoms with Gasteiger partial charge in [0.15, 0.2) is 0 Å². The van der Waals surface area contributed by atoms with Crippen LogP contribution in [-0.4, -0.2) is 28.7 Å². The number of benzene rings is 2. The number of aryl methyl sites for hydroxylation is 3. The lowest BCUT2D eigenvalue weighted by molar-refractivity contribution is 0.251. The molecule has 2 aromatic carbocycles. The van der Waals surface area contributed by atoms with E-state index in [9.17, 15) is 4.79 Å². The SMILES string of the molecule is CCCCCNC(=O)Nc1c(C)cccc1OCCCn1cnc2ccc3c(c21)CCC=C3. The highest BCUT2D eigenvalue weighted by atomic mass is 16.5. The molecule has 4 rings (SSSR count). The van der Waals surface area contributed by atoms with Crippen molar-refractivity contribution in [3.05, 3.63) is 59.4 Å². The van der Waals surface area contributed by atoms with Crippen LogP contribution in [0, 0.1) is 6.92 Å². The summed E-state index contributed by atoms with van der Waals surface area (Å²) in [4.78, 5) is 16.9. The van der Waals surface area contributed by atoms with Gasteiger partial charge in [0.25, 0.3) is 0 Å². The molecule has 0 aliphatic heterocycles. The second kappa shape index (κ2) is 11.0. The van der Waals surface area contributed by atoms with Crippen molar-refractivity contribution in [1.82, 2.24) is 14.9 Å². The van der Waals surface area contributed by atoms with Crippen LogP contribution in [0.2, 0.25) is 0 Å². The fourth-order valence-electron chi connectivity index (χ4n) is 4.35. The summed E-state index contributed by atoms with van der Waals surface area (Å²) in [5.74, 6) is 0.705. The fourth-order valence-corrected chi connectivity index (χ4v) is 4.35. The molecule has 33 heavy (non-hydrogen) atoms. The highest BCUT2D eigenvalue weighted by Crippen LogP contribution is 2.29. The van der Waals surface area contributed by atoms with Crippen molar-refractivity contribution < 1.29 is 9.53 Å². The number of rotatable bonds is 10. The van der Waals surface area contributed by atoms with E-state index in [4.69, 9.17) is 4.74 Å². The molecule has 0 atom stereocenters. The number of unbranched alkanes of at least 4 members (excludes halogenated alkanes) is 2. The average molecular weight is 447 g/mol. The van der Waals surface area contributed by atoms with Crippen molar-refractivity contribution in [2.75, 3.05) is 18.5 Å². The molecule has 3 aromatic rings. The predicted octanol–water partition coefficient (Wildman–Crippen LogP) is 6.08. The first-order chi connectivity index (χ1) is 16.2. The quantitative estimate of drug-likeness (QED) is 0.371. The molecule has 0 radical (unpaired) electrons. The Balaban J connectivity index is 1.35. The number of hydrogen-bond donors (Lipinski definition) is 2. The van der Waals surface area contributed by atoms with E-state index in [1.165, 1.54) is 16.6 Å².